The standard InChI is InChI=1S/C17H28BrN/c1-4-11-19-17(12-14(5-2)6-3)13-15-7-9-16(18)10-8-15/h7-10,14,17,19H,4-6,11-13H2,1-3H3. The Kier molecular flexibility index (Phi) is 8.40. The first kappa shape index (κ1) is 16.7. The zero-order valence-electron chi connectivity index (χ0n) is 12.6. The number of hydrogen-bond donors (Lipinski definition) is 1. The zero-order chi connectivity index (χ0) is 14.1. The Hall–Kier alpha value is -0.340. The molecule has 1 rings (SSSR count). The Morgan fingerprint density at radius 3 is 2.21 bits per heavy atom. The van der Waals surface area contributed by atoms with Gasteiger partial charge in [-0.15, -0.1) is 0 Å². The highest BCUT2D eigenvalue weighted by Crippen LogP contribution is 2.19. The summed E-state index contributed by atoms with van der Waals surface area (Å²) in [6, 6.07) is 9.37. The molecule has 0 aliphatic carbocycles. The van der Waals surface area contributed by atoms with Gasteiger partial charge in [0.15, 0.2) is 0 Å². The largest absolute Gasteiger partial charge is 0.314 e. The Balaban J connectivity index is 2.59. The van der Waals surface area contributed by atoms with Gasteiger partial charge in [-0.05, 0) is 49.4 Å². The van der Waals surface area contributed by atoms with Gasteiger partial charge >= 0.3 is 0 Å². The van der Waals surface area contributed by atoms with Crippen LogP contribution in [-0.2, 0) is 6.42 Å². The van der Waals surface area contributed by atoms with Crippen LogP contribution < -0.4 is 5.32 Å². The number of rotatable bonds is 9. The zero-order valence-corrected chi connectivity index (χ0v) is 14.2. The van der Waals surface area contributed by atoms with E-state index in [2.05, 4.69) is 66.3 Å². The van der Waals surface area contributed by atoms with Gasteiger partial charge in [-0.25, -0.2) is 0 Å². The molecule has 1 aromatic rings. The molecule has 1 unspecified atom stereocenters. The number of hydrogen-bond acceptors (Lipinski definition) is 1. The summed E-state index contributed by atoms with van der Waals surface area (Å²) < 4.78 is 1.16. The summed E-state index contributed by atoms with van der Waals surface area (Å²) in [5.41, 5.74) is 1.43. The minimum absolute atomic E-state index is 0.617. The fourth-order valence-electron chi connectivity index (χ4n) is 2.52. The lowest BCUT2D eigenvalue weighted by Gasteiger charge is -2.23. The van der Waals surface area contributed by atoms with E-state index in [1.54, 1.807) is 0 Å². The molecule has 0 saturated heterocycles. The predicted octanol–water partition coefficient (Wildman–Crippen LogP) is 5.19. The molecular formula is C17H28BrN. The fourth-order valence-corrected chi connectivity index (χ4v) is 2.78. The Morgan fingerprint density at radius 1 is 1.05 bits per heavy atom. The number of halogens is 1. The summed E-state index contributed by atoms with van der Waals surface area (Å²) in [6.45, 7) is 7.98. The maximum absolute atomic E-state index is 3.72. The van der Waals surface area contributed by atoms with Gasteiger partial charge in [0.1, 0.15) is 0 Å². The molecule has 0 fully saturated rings. The molecule has 2 heteroatoms. The molecule has 0 aromatic heterocycles. The van der Waals surface area contributed by atoms with E-state index in [0.29, 0.717) is 6.04 Å². The molecule has 0 heterocycles. The molecule has 19 heavy (non-hydrogen) atoms. The minimum Gasteiger partial charge on any atom is -0.314 e. The van der Waals surface area contributed by atoms with Crippen LogP contribution in [0.5, 0.6) is 0 Å². The average molecular weight is 326 g/mol. The SMILES string of the molecule is CCCNC(Cc1ccc(Br)cc1)CC(CC)CC. The van der Waals surface area contributed by atoms with Crippen molar-refractivity contribution in [3.8, 4) is 0 Å². The van der Waals surface area contributed by atoms with Crippen molar-refractivity contribution in [3.05, 3.63) is 34.3 Å². The van der Waals surface area contributed by atoms with Crippen LogP contribution in [-0.4, -0.2) is 12.6 Å². The highest BCUT2D eigenvalue weighted by Gasteiger charge is 2.14. The van der Waals surface area contributed by atoms with Crippen molar-refractivity contribution in [2.45, 2.75) is 58.9 Å². The van der Waals surface area contributed by atoms with E-state index in [-0.39, 0.29) is 0 Å². The topological polar surface area (TPSA) is 12.0 Å². The molecule has 0 aliphatic rings. The maximum Gasteiger partial charge on any atom is 0.0175 e. The Bertz CT molecular complexity index is 330. The van der Waals surface area contributed by atoms with Gasteiger partial charge in [0.25, 0.3) is 0 Å². The van der Waals surface area contributed by atoms with E-state index < -0.39 is 0 Å². The van der Waals surface area contributed by atoms with Crippen LogP contribution in [0.1, 0.15) is 52.0 Å². The lowest BCUT2D eigenvalue weighted by molar-refractivity contribution is 0.363. The first-order valence-electron chi connectivity index (χ1n) is 7.67. The smallest absolute Gasteiger partial charge is 0.0175 e. The van der Waals surface area contributed by atoms with Crippen LogP contribution in [0.3, 0.4) is 0 Å². The highest BCUT2D eigenvalue weighted by atomic mass is 79.9. The van der Waals surface area contributed by atoms with Crippen molar-refractivity contribution in [2.75, 3.05) is 6.54 Å². The van der Waals surface area contributed by atoms with Crippen molar-refractivity contribution in [2.24, 2.45) is 5.92 Å². The summed E-state index contributed by atoms with van der Waals surface area (Å²) >= 11 is 3.50. The second kappa shape index (κ2) is 9.55. The van der Waals surface area contributed by atoms with E-state index >= 15 is 0 Å². The summed E-state index contributed by atoms with van der Waals surface area (Å²) in [4.78, 5) is 0. The molecule has 0 spiro atoms. The third-order valence-electron chi connectivity index (χ3n) is 3.85. The van der Waals surface area contributed by atoms with Crippen LogP contribution >= 0.6 is 15.9 Å². The molecule has 0 bridgehead atoms. The van der Waals surface area contributed by atoms with Gasteiger partial charge < -0.3 is 5.32 Å². The average Bonchev–Trinajstić information content (AvgIpc) is 2.44. The molecule has 1 nitrogen and oxygen atoms in total. The molecule has 1 N–H and O–H groups in total. The normalized spacial score (nSPS) is 12.9. The van der Waals surface area contributed by atoms with Crippen molar-refractivity contribution in [1.29, 1.82) is 0 Å². The van der Waals surface area contributed by atoms with Crippen molar-refractivity contribution >= 4 is 15.9 Å². The summed E-state index contributed by atoms with van der Waals surface area (Å²) in [6.07, 6.45) is 6.23. The third-order valence-corrected chi connectivity index (χ3v) is 4.38. The lowest BCUT2D eigenvalue weighted by Crippen LogP contribution is -2.33. The van der Waals surface area contributed by atoms with E-state index in [0.717, 1.165) is 23.4 Å². The van der Waals surface area contributed by atoms with Gasteiger partial charge in [-0.3, -0.25) is 0 Å². The molecular weight excluding hydrogens is 298 g/mol. The van der Waals surface area contributed by atoms with Gasteiger partial charge in [-0.1, -0.05) is 61.7 Å². The molecule has 108 valence electrons. The summed E-state index contributed by atoms with van der Waals surface area (Å²) in [7, 11) is 0. The van der Waals surface area contributed by atoms with Crippen LogP contribution in [0.4, 0.5) is 0 Å². The molecule has 1 aromatic carbocycles. The minimum atomic E-state index is 0.617. The van der Waals surface area contributed by atoms with E-state index in [1.807, 2.05) is 0 Å². The quantitative estimate of drug-likeness (QED) is 0.659. The van der Waals surface area contributed by atoms with Crippen LogP contribution in [0, 0.1) is 5.92 Å². The molecule has 0 aliphatic heterocycles. The van der Waals surface area contributed by atoms with Crippen molar-refractivity contribution < 1.29 is 0 Å². The predicted molar refractivity (Wildman–Crippen MR) is 88.6 cm³/mol. The number of benzene rings is 1. The van der Waals surface area contributed by atoms with Gasteiger partial charge in [0, 0.05) is 10.5 Å². The van der Waals surface area contributed by atoms with Crippen molar-refractivity contribution in [1.82, 2.24) is 5.32 Å². The van der Waals surface area contributed by atoms with Crippen molar-refractivity contribution in [3.63, 3.8) is 0 Å². The molecule has 0 radical (unpaired) electrons. The van der Waals surface area contributed by atoms with Gasteiger partial charge in [0.2, 0.25) is 0 Å². The van der Waals surface area contributed by atoms with Crippen LogP contribution in [0.2, 0.25) is 0 Å². The highest BCUT2D eigenvalue weighted by molar-refractivity contribution is 9.10. The summed E-state index contributed by atoms with van der Waals surface area (Å²) in [5, 5.41) is 3.72. The lowest BCUT2D eigenvalue weighted by atomic mass is 9.91. The second-order valence-corrected chi connectivity index (χ2v) is 6.32. The van der Waals surface area contributed by atoms with Gasteiger partial charge in [-0.2, -0.15) is 0 Å². The molecule has 1 atom stereocenters. The second-order valence-electron chi connectivity index (χ2n) is 5.40. The van der Waals surface area contributed by atoms with E-state index in [1.165, 1.54) is 31.2 Å². The molecule has 0 saturated carbocycles. The Morgan fingerprint density at radius 2 is 1.68 bits per heavy atom. The first-order chi connectivity index (χ1) is 9.19. The van der Waals surface area contributed by atoms with E-state index in [4.69, 9.17) is 0 Å². The number of nitrogens with one attached hydrogen (secondary N) is 1. The fraction of sp³-hybridized carbons (Fsp3) is 0.647. The molecule has 0 amide bonds. The monoisotopic (exact) mass is 325 g/mol. The Labute approximate surface area is 127 Å². The third kappa shape index (κ3) is 6.58. The van der Waals surface area contributed by atoms with Gasteiger partial charge in [0.05, 0.1) is 0 Å². The van der Waals surface area contributed by atoms with Crippen LogP contribution in [0.15, 0.2) is 28.7 Å². The van der Waals surface area contributed by atoms with Crippen LogP contribution in [0.25, 0.3) is 0 Å². The summed E-state index contributed by atoms with van der Waals surface area (Å²) in [5.74, 6) is 0.852. The first-order valence-corrected chi connectivity index (χ1v) is 8.46. The van der Waals surface area contributed by atoms with E-state index in [9.17, 15) is 0 Å². The maximum atomic E-state index is 3.72.